The molecule has 21 heavy (non-hydrogen) atoms. The van der Waals surface area contributed by atoms with Gasteiger partial charge in [0.15, 0.2) is 0 Å². The van der Waals surface area contributed by atoms with Crippen molar-refractivity contribution in [3.63, 3.8) is 0 Å². The lowest BCUT2D eigenvalue weighted by atomic mass is 10.1. The van der Waals surface area contributed by atoms with Crippen LogP contribution in [0.5, 0.6) is 0 Å². The van der Waals surface area contributed by atoms with E-state index >= 15 is 0 Å². The number of rotatable bonds is 4. The number of anilines is 1. The van der Waals surface area contributed by atoms with Crippen LogP contribution in [0, 0.1) is 13.8 Å². The molecule has 2 rings (SSSR count). The number of carboxylic acids is 1. The molecule has 1 aromatic heterocycles. The zero-order chi connectivity index (χ0) is 15.6. The van der Waals surface area contributed by atoms with E-state index in [0.717, 1.165) is 0 Å². The number of aromatic nitrogens is 2. The van der Waals surface area contributed by atoms with Gasteiger partial charge in [0.05, 0.1) is 22.9 Å². The summed E-state index contributed by atoms with van der Waals surface area (Å²) in [5.74, 6) is -0.461. The molecule has 0 fully saturated rings. The van der Waals surface area contributed by atoms with Gasteiger partial charge in [-0.25, -0.2) is 9.78 Å². The molecule has 0 radical (unpaired) electrons. The third-order valence-corrected chi connectivity index (χ3v) is 3.23. The van der Waals surface area contributed by atoms with Crippen molar-refractivity contribution in [2.45, 2.75) is 26.8 Å². The van der Waals surface area contributed by atoms with Crippen LogP contribution in [0.2, 0.25) is 0 Å². The molecule has 1 unspecified atom stereocenters. The molecule has 3 N–H and O–H groups in total. The first-order chi connectivity index (χ1) is 9.90. The second kappa shape index (κ2) is 5.78. The predicted octanol–water partition coefficient (Wildman–Crippen LogP) is 2.26. The number of aromatic carboxylic acids is 1. The van der Waals surface area contributed by atoms with Gasteiger partial charge < -0.3 is 15.4 Å². The second-order valence-electron chi connectivity index (χ2n) is 4.87. The Bertz CT molecular complexity index is 737. The minimum absolute atomic E-state index is 0.165. The van der Waals surface area contributed by atoms with E-state index in [1.165, 1.54) is 6.07 Å². The van der Waals surface area contributed by atoms with Crippen LogP contribution in [-0.2, 0) is 0 Å². The number of nitrogens with zero attached hydrogens (tertiary/aromatic N) is 1. The molecule has 0 amide bonds. The Kier molecular flexibility index (Phi) is 4.07. The van der Waals surface area contributed by atoms with Crippen LogP contribution in [0.15, 0.2) is 29.1 Å². The maximum absolute atomic E-state index is 12.1. The van der Waals surface area contributed by atoms with E-state index in [4.69, 9.17) is 0 Å². The van der Waals surface area contributed by atoms with Crippen LogP contribution >= 0.6 is 0 Å². The molecule has 1 aromatic carbocycles. The molecule has 1 atom stereocenters. The zero-order valence-corrected chi connectivity index (χ0v) is 12.1. The van der Waals surface area contributed by atoms with E-state index in [2.05, 4.69) is 15.3 Å². The summed E-state index contributed by atoms with van der Waals surface area (Å²) in [6, 6.07) is 6.23. The molecule has 2 aromatic rings. The van der Waals surface area contributed by atoms with Crippen molar-refractivity contribution in [3.05, 3.63) is 57.3 Å². The number of aryl methyl sites for hydroxylation is 2. The van der Waals surface area contributed by atoms with Gasteiger partial charge in [-0.1, -0.05) is 12.1 Å². The average molecular weight is 287 g/mol. The van der Waals surface area contributed by atoms with Gasteiger partial charge >= 0.3 is 5.97 Å². The first-order valence-corrected chi connectivity index (χ1v) is 6.56. The number of benzene rings is 1. The van der Waals surface area contributed by atoms with E-state index in [1.54, 1.807) is 39.0 Å². The minimum Gasteiger partial charge on any atom is -0.478 e. The largest absolute Gasteiger partial charge is 0.478 e. The highest BCUT2D eigenvalue weighted by Crippen LogP contribution is 2.22. The van der Waals surface area contributed by atoms with E-state index in [0.29, 0.717) is 22.8 Å². The predicted molar refractivity (Wildman–Crippen MR) is 79.8 cm³/mol. The summed E-state index contributed by atoms with van der Waals surface area (Å²) in [5.41, 5.74) is 1.55. The molecular formula is C15H17N3O3. The van der Waals surface area contributed by atoms with Crippen molar-refractivity contribution in [1.82, 2.24) is 9.97 Å². The third-order valence-electron chi connectivity index (χ3n) is 3.23. The van der Waals surface area contributed by atoms with Gasteiger partial charge in [0, 0.05) is 5.69 Å². The lowest BCUT2D eigenvalue weighted by molar-refractivity contribution is 0.0698. The van der Waals surface area contributed by atoms with Crippen molar-refractivity contribution < 1.29 is 9.90 Å². The van der Waals surface area contributed by atoms with Gasteiger partial charge in [-0.05, 0) is 32.9 Å². The Morgan fingerprint density at radius 1 is 1.33 bits per heavy atom. The highest BCUT2D eigenvalue weighted by Gasteiger charge is 2.17. The monoisotopic (exact) mass is 287 g/mol. The Morgan fingerprint density at radius 3 is 2.62 bits per heavy atom. The molecule has 0 aliphatic rings. The number of H-pyrrole nitrogens is 1. The molecule has 6 heteroatoms. The van der Waals surface area contributed by atoms with Crippen LogP contribution in [0.1, 0.15) is 40.4 Å². The normalized spacial score (nSPS) is 12.0. The Morgan fingerprint density at radius 2 is 2.00 bits per heavy atom. The highest BCUT2D eigenvalue weighted by atomic mass is 16.4. The van der Waals surface area contributed by atoms with Gasteiger partial charge in [-0.2, -0.15) is 0 Å². The number of hydrogen-bond acceptors (Lipinski definition) is 4. The van der Waals surface area contributed by atoms with Gasteiger partial charge in [-0.15, -0.1) is 0 Å². The van der Waals surface area contributed by atoms with Crippen molar-refractivity contribution in [2.75, 3.05) is 5.32 Å². The summed E-state index contributed by atoms with van der Waals surface area (Å²) in [4.78, 5) is 30.2. The minimum atomic E-state index is -1.02. The zero-order valence-electron chi connectivity index (χ0n) is 12.1. The van der Waals surface area contributed by atoms with E-state index in [1.807, 2.05) is 0 Å². The fourth-order valence-corrected chi connectivity index (χ4v) is 2.35. The number of hydrogen-bond donors (Lipinski definition) is 3. The van der Waals surface area contributed by atoms with Crippen molar-refractivity contribution in [2.24, 2.45) is 0 Å². The van der Waals surface area contributed by atoms with E-state index < -0.39 is 5.97 Å². The Hall–Kier alpha value is -2.63. The second-order valence-corrected chi connectivity index (χ2v) is 4.87. The van der Waals surface area contributed by atoms with Crippen molar-refractivity contribution >= 4 is 11.7 Å². The number of carbonyl (C=O) groups is 1. The summed E-state index contributed by atoms with van der Waals surface area (Å²) >= 11 is 0. The lowest BCUT2D eigenvalue weighted by Gasteiger charge is -2.18. The molecule has 0 saturated heterocycles. The van der Waals surface area contributed by atoms with E-state index in [-0.39, 0.29) is 17.2 Å². The highest BCUT2D eigenvalue weighted by molar-refractivity contribution is 5.94. The topological polar surface area (TPSA) is 95.1 Å². The van der Waals surface area contributed by atoms with Gasteiger partial charge in [-0.3, -0.25) is 4.79 Å². The first-order valence-electron chi connectivity index (χ1n) is 6.56. The summed E-state index contributed by atoms with van der Waals surface area (Å²) in [5, 5.41) is 12.2. The van der Waals surface area contributed by atoms with Crippen LogP contribution in [0.25, 0.3) is 0 Å². The maximum atomic E-state index is 12.1. The van der Waals surface area contributed by atoms with Gasteiger partial charge in [0.25, 0.3) is 5.56 Å². The molecule has 0 aliphatic heterocycles. The molecular weight excluding hydrogens is 270 g/mol. The number of carboxylic acid groups (broad SMARTS) is 1. The molecule has 0 spiro atoms. The van der Waals surface area contributed by atoms with Gasteiger partial charge in [0.1, 0.15) is 5.82 Å². The third kappa shape index (κ3) is 3.10. The van der Waals surface area contributed by atoms with Crippen molar-refractivity contribution in [1.29, 1.82) is 0 Å². The molecule has 0 bridgehead atoms. The maximum Gasteiger partial charge on any atom is 0.337 e. The quantitative estimate of drug-likeness (QED) is 0.801. The summed E-state index contributed by atoms with van der Waals surface area (Å²) < 4.78 is 0. The lowest BCUT2D eigenvalue weighted by Crippen LogP contribution is -2.23. The average Bonchev–Trinajstić information content (AvgIpc) is 2.37. The number of nitrogens with one attached hydrogen (secondary N) is 2. The SMILES string of the molecule is Cc1nc(C)c(C(C)Nc2ccccc2C(=O)O)c(=O)[nH]1. The molecule has 1 heterocycles. The molecule has 0 saturated carbocycles. The number of para-hydroxylation sites is 1. The fourth-order valence-electron chi connectivity index (χ4n) is 2.35. The summed E-state index contributed by atoms with van der Waals surface area (Å²) in [6.07, 6.45) is 0. The first kappa shape index (κ1) is 14.8. The standard InChI is InChI=1S/C15H17N3O3/c1-8-13(14(19)18-10(3)16-8)9(2)17-12-7-5-4-6-11(12)15(20)21/h4-7,9,17H,1-3H3,(H,20,21)(H,16,18,19). The van der Waals surface area contributed by atoms with Crippen LogP contribution in [0.4, 0.5) is 5.69 Å². The Balaban J connectivity index is 2.38. The molecule has 0 aliphatic carbocycles. The van der Waals surface area contributed by atoms with Crippen LogP contribution < -0.4 is 10.9 Å². The Labute approximate surface area is 121 Å². The fraction of sp³-hybridized carbons (Fsp3) is 0.267. The number of aromatic amines is 1. The van der Waals surface area contributed by atoms with Crippen LogP contribution in [0.3, 0.4) is 0 Å². The van der Waals surface area contributed by atoms with Crippen LogP contribution in [-0.4, -0.2) is 21.0 Å². The molecule has 110 valence electrons. The van der Waals surface area contributed by atoms with Crippen molar-refractivity contribution in [3.8, 4) is 0 Å². The smallest absolute Gasteiger partial charge is 0.337 e. The van der Waals surface area contributed by atoms with Gasteiger partial charge in [0.2, 0.25) is 0 Å². The summed E-state index contributed by atoms with van der Waals surface area (Å²) in [6.45, 7) is 5.28. The van der Waals surface area contributed by atoms with E-state index in [9.17, 15) is 14.7 Å². The summed E-state index contributed by atoms with van der Waals surface area (Å²) in [7, 11) is 0. The molecule has 6 nitrogen and oxygen atoms in total.